The van der Waals surface area contributed by atoms with Crippen LogP contribution in [-0.4, -0.2) is 52.0 Å². The average Bonchev–Trinajstić information content (AvgIpc) is 3.39. The molecule has 166 valence electrons. The van der Waals surface area contributed by atoms with Crippen molar-refractivity contribution >= 4 is 23.0 Å². The molecule has 0 aliphatic carbocycles. The average molecular weight is 452 g/mol. The largest absolute Gasteiger partial charge is 0.459 e. The SMILES string of the molecule is CN(C)CCCN1C(=S)N[C@@H](c2ccccn2)[C@@H]1c1ccc(-c2cccc([N+](=O)[O-])c2)o1. The van der Waals surface area contributed by atoms with Crippen LogP contribution in [0.25, 0.3) is 11.3 Å². The van der Waals surface area contributed by atoms with Gasteiger partial charge < -0.3 is 19.5 Å². The van der Waals surface area contributed by atoms with Gasteiger partial charge in [0, 0.05) is 30.4 Å². The van der Waals surface area contributed by atoms with Crippen LogP contribution in [-0.2, 0) is 0 Å². The van der Waals surface area contributed by atoms with Gasteiger partial charge in [-0.05, 0) is 63.5 Å². The summed E-state index contributed by atoms with van der Waals surface area (Å²) in [6.45, 7) is 1.71. The lowest BCUT2D eigenvalue weighted by molar-refractivity contribution is -0.384. The summed E-state index contributed by atoms with van der Waals surface area (Å²) in [5.41, 5.74) is 1.57. The number of nitrogens with one attached hydrogen (secondary N) is 1. The Labute approximate surface area is 192 Å². The number of furan rings is 1. The molecule has 0 amide bonds. The molecule has 0 unspecified atom stereocenters. The molecule has 1 fully saturated rings. The molecule has 0 saturated carbocycles. The Hall–Kier alpha value is -3.30. The molecule has 8 nitrogen and oxygen atoms in total. The Balaban J connectivity index is 1.67. The van der Waals surface area contributed by atoms with E-state index in [9.17, 15) is 10.1 Å². The minimum absolute atomic E-state index is 0.0286. The number of rotatable bonds is 8. The maximum absolute atomic E-state index is 11.2. The van der Waals surface area contributed by atoms with Gasteiger partial charge >= 0.3 is 0 Å². The van der Waals surface area contributed by atoms with Crippen molar-refractivity contribution in [1.29, 1.82) is 0 Å². The molecule has 4 rings (SSSR count). The number of aromatic nitrogens is 1. The number of thiocarbonyl (C=S) groups is 1. The van der Waals surface area contributed by atoms with Crippen molar-refractivity contribution in [3.63, 3.8) is 0 Å². The number of non-ortho nitro benzene ring substituents is 1. The fraction of sp³-hybridized carbons (Fsp3) is 0.304. The second-order valence-corrected chi connectivity index (χ2v) is 8.37. The zero-order valence-electron chi connectivity index (χ0n) is 18.0. The van der Waals surface area contributed by atoms with Gasteiger partial charge in [-0.2, -0.15) is 0 Å². The maximum Gasteiger partial charge on any atom is 0.270 e. The summed E-state index contributed by atoms with van der Waals surface area (Å²) in [6, 6.07) is 15.7. The molecule has 1 saturated heterocycles. The third-order valence-corrected chi connectivity index (χ3v) is 5.81. The molecular weight excluding hydrogens is 426 g/mol. The van der Waals surface area contributed by atoms with Crippen LogP contribution in [0.2, 0.25) is 0 Å². The van der Waals surface area contributed by atoms with Crippen molar-refractivity contribution in [3.05, 3.63) is 82.4 Å². The predicted octanol–water partition coefficient (Wildman–Crippen LogP) is 4.17. The Morgan fingerprint density at radius 2 is 2.06 bits per heavy atom. The first-order valence-electron chi connectivity index (χ1n) is 10.4. The van der Waals surface area contributed by atoms with Crippen molar-refractivity contribution in [2.45, 2.75) is 18.5 Å². The van der Waals surface area contributed by atoms with Crippen molar-refractivity contribution < 1.29 is 9.34 Å². The summed E-state index contributed by atoms with van der Waals surface area (Å²) in [5.74, 6) is 1.31. The van der Waals surface area contributed by atoms with Gasteiger partial charge in [0.15, 0.2) is 5.11 Å². The van der Waals surface area contributed by atoms with Crippen LogP contribution in [0.15, 0.2) is 65.2 Å². The Morgan fingerprint density at radius 1 is 1.22 bits per heavy atom. The Kier molecular flexibility index (Phi) is 6.48. The van der Waals surface area contributed by atoms with Gasteiger partial charge in [0.1, 0.15) is 17.6 Å². The number of nitrogens with zero attached hydrogens (tertiary/aromatic N) is 4. The van der Waals surface area contributed by atoms with E-state index in [2.05, 4.69) is 20.1 Å². The highest BCUT2D eigenvalue weighted by Crippen LogP contribution is 2.40. The molecule has 3 heterocycles. The molecule has 9 heteroatoms. The fourth-order valence-corrected chi connectivity index (χ4v) is 4.28. The van der Waals surface area contributed by atoms with Gasteiger partial charge in [-0.25, -0.2) is 0 Å². The van der Waals surface area contributed by atoms with E-state index in [0.29, 0.717) is 16.4 Å². The number of nitro groups is 1. The van der Waals surface area contributed by atoms with E-state index in [4.69, 9.17) is 16.6 Å². The molecule has 0 bridgehead atoms. The lowest BCUT2D eigenvalue weighted by Crippen LogP contribution is -2.32. The van der Waals surface area contributed by atoms with Crippen molar-refractivity contribution in [3.8, 4) is 11.3 Å². The van der Waals surface area contributed by atoms with Gasteiger partial charge in [-0.1, -0.05) is 18.2 Å². The van der Waals surface area contributed by atoms with Gasteiger partial charge in [-0.15, -0.1) is 0 Å². The first kappa shape index (κ1) is 21.9. The van der Waals surface area contributed by atoms with Crippen LogP contribution in [0, 0.1) is 10.1 Å². The second-order valence-electron chi connectivity index (χ2n) is 7.99. The molecular formula is C23H25N5O3S. The first-order valence-corrected chi connectivity index (χ1v) is 10.8. The minimum atomic E-state index is -0.406. The van der Waals surface area contributed by atoms with Crippen LogP contribution < -0.4 is 5.32 Å². The van der Waals surface area contributed by atoms with Crippen LogP contribution in [0.1, 0.15) is 30.0 Å². The van der Waals surface area contributed by atoms with E-state index in [1.165, 1.54) is 12.1 Å². The molecule has 1 aliphatic heterocycles. The van der Waals surface area contributed by atoms with Crippen molar-refractivity contribution in [2.24, 2.45) is 0 Å². The van der Waals surface area contributed by atoms with Crippen LogP contribution in [0.5, 0.6) is 0 Å². The summed E-state index contributed by atoms with van der Waals surface area (Å²) in [6.07, 6.45) is 2.71. The molecule has 0 radical (unpaired) electrons. The smallest absolute Gasteiger partial charge is 0.270 e. The summed E-state index contributed by atoms with van der Waals surface area (Å²) in [5, 5.41) is 15.2. The van der Waals surface area contributed by atoms with E-state index in [-0.39, 0.29) is 17.8 Å². The monoisotopic (exact) mass is 451 g/mol. The van der Waals surface area contributed by atoms with Crippen molar-refractivity contribution in [2.75, 3.05) is 27.2 Å². The second kappa shape index (κ2) is 9.46. The molecule has 0 spiro atoms. The molecule has 2 atom stereocenters. The van der Waals surface area contributed by atoms with E-state index in [0.717, 1.165) is 31.0 Å². The summed E-state index contributed by atoms with van der Waals surface area (Å²) in [7, 11) is 4.10. The van der Waals surface area contributed by atoms with Crippen LogP contribution in [0.4, 0.5) is 5.69 Å². The van der Waals surface area contributed by atoms with Gasteiger partial charge in [0.05, 0.1) is 16.7 Å². The molecule has 2 aromatic heterocycles. The van der Waals surface area contributed by atoms with Crippen LogP contribution in [0.3, 0.4) is 0 Å². The lowest BCUT2D eigenvalue weighted by atomic mass is 10.0. The fourth-order valence-electron chi connectivity index (χ4n) is 3.95. The van der Waals surface area contributed by atoms with E-state index in [1.807, 2.05) is 44.4 Å². The third-order valence-electron chi connectivity index (χ3n) is 5.46. The van der Waals surface area contributed by atoms with E-state index >= 15 is 0 Å². The topological polar surface area (TPSA) is 87.7 Å². The summed E-state index contributed by atoms with van der Waals surface area (Å²) >= 11 is 5.68. The van der Waals surface area contributed by atoms with Gasteiger partial charge in [-0.3, -0.25) is 15.1 Å². The normalized spacial score (nSPS) is 18.2. The first-order chi connectivity index (χ1) is 15.4. The highest BCUT2D eigenvalue weighted by atomic mass is 32.1. The lowest BCUT2D eigenvalue weighted by Gasteiger charge is -2.26. The molecule has 1 aliphatic rings. The van der Waals surface area contributed by atoms with E-state index < -0.39 is 4.92 Å². The number of nitro benzene ring substituents is 1. The maximum atomic E-state index is 11.2. The molecule has 3 aromatic rings. The molecule has 1 N–H and O–H groups in total. The highest BCUT2D eigenvalue weighted by Gasteiger charge is 2.41. The van der Waals surface area contributed by atoms with Gasteiger partial charge in [0.2, 0.25) is 0 Å². The van der Waals surface area contributed by atoms with E-state index in [1.54, 1.807) is 18.3 Å². The molecule has 1 aromatic carbocycles. The number of hydrogen-bond donors (Lipinski definition) is 1. The summed E-state index contributed by atoms with van der Waals surface area (Å²) < 4.78 is 6.24. The quantitative estimate of drug-likeness (QED) is 0.310. The zero-order chi connectivity index (χ0) is 22.7. The Bertz CT molecular complexity index is 1100. The molecule has 32 heavy (non-hydrogen) atoms. The number of hydrogen-bond acceptors (Lipinski definition) is 6. The Morgan fingerprint density at radius 3 is 2.78 bits per heavy atom. The van der Waals surface area contributed by atoms with Gasteiger partial charge in [0.25, 0.3) is 5.69 Å². The van der Waals surface area contributed by atoms with Crippen LogP contribution >= 0.6 is 12.2 Å². The standard InChI is InChI=1S/C23H25N5O3S/c1-26(2)13-6-14-27-22(21(25-23(27)32)18-9-3-4-12-24-18)20-11-10-19(31-20)16-7-5-8-17(15-16)28(29)30/h3-5,7-12,15,21-22H,6,13-14H2,1-2H3,(H,25,32)/t21-,22-/m0/s1. The number of pyridine rings is 1. The predicted molar refractivity (Wildman–Crippen MR) is 126 cm³/mol. The third kappa shape index (κ3) is 4.63. The minimum Gasteiger partial charge on any atom is -0.459 e. The zero-order valence-corrected chi connectivity index (χ0v) is 18.8. The highest BCUT2D eigenvalue weighted by molar-refractivity contribution is 7.80. The summed E-state index contributed by atoms with van der Waals surface area (Å²) in [4.78, 5) is 19.6. The number of benzene rings is 1. The van der Waals surface area contributed by atoms with Crippen molar-refractivity contribution in [1.82, 2.24) is 20.1 Å².